The number of benzene rings is 2. The van der Waals surface area contributed by atoms with E-state index in [0.717, 1.165) is 28.3 Å². The standard InChI is InChI=1S/C18H15NO/c20-18(11-10-14-5-4-12-19-13-14)17-9-3-7-15-6-1-2-8-16(15)17/h1-9,12-13H,10-11H2. The molecule has 0 radical (unpaired) electrons. The molecule has 0 amide bonds. The third kappa shape index (κ3) is 2.59. The zero-order valence-corrected chi connectivity index (χ0v) is 11.1. The van der Waals surface area contributed by atoms with Gasteiger partial charge in [0.1, 0.15) is 0 Å². The Morgan fingerprint density at radius 1 is 0.950 bits per heavy atom. The van der Waals surface area contributed by atoms with Crippen LogP contribution in [0.1, 0.15) is 22.3 Å². The normalized spacial score (nSPS) is 10.6. The third-order valence-corrected chi connectivity index (χ3v) is 3.45. The Hall–Kier alpha value is -2.48. The van der Waals surface area contributed by atoms with Crippen LogP contribution in [0.4, 0.5) is 0 Å². The Bertz CT molecular complexity index is 729. The summed E-state index contributed by atoms with van der Waals surface area (Å²) in [6.07, 6.45) is 4.81. The van der Waals surface area contributed by atoms with Gasteiger partial charge in [0.05, 0.1) is 0 Å². The van der Waals surface area contributed by atoms with Crippen molar-refractivity contribution in [1.29, 1.82) is 0 Å². The topological polar surface area (TPSA) is 30.0 Å². The lowest BCUT2D eigenvalue weighted by atomic mass is 9.98. The van der Waals surface area contributed by atoms with Crippen LogP contribution in [0.25, 0.3) is 10.8 Å². The highest BCUT2D eigenvalue weighted by atomic mass is 16.1. The molecule has 0 saturated heterocycles. The number of pyridine rings is 1. The molecule has 0 spiro atoms. The van der Waals surface area contributed by atoms with Crippen LogP contribution < -0.4 is 0 Å². The zero-order chi connectivity index (χ0) is 13.8. The van der Waals surface area contributed by atoms with Gasteiger partial charge in [-0.05, 0) is 28.8 Å². The SMILES string of the molecule is O=C(CCc1cccnc1)c1cccc2ccccc12. The zero-order valence-electron chi connectivity index (χ0n) is 11.1. The number of hydrogen-bond acceptors (Lipinski definition) is 2. The van der Waals surface area contributed by atoms with Crippen LogP contribution in [0.15, 0.2) is 67.0 Å². The number of ketones is 1. The first kappa shape index (κ1) is 12.5. The molecule has 1 aromatic heterocycles. The first-order chi connectivity index (χ1) is 9.84. The van der Waals surface area contributed by atoms with Gasteiger partial charge in [-0.2, -0.15) is 0 Å². The highest BCUT2D eigenvalue weighted by molar-refractivity contribution is 6.08. The molecule has 0 aliphatic heterocycles. The fourth-order valence-corrected chi connectivity index (χ4v) is 2.41. The molecule has 0 fully saturated rings. The average molecular weight is 261 g/mol. The predicted molar refractivity (Wildman–Crippen MR) is 80.8 cm³/mol. The van der Waals surface area contributed by atoms with Gasteiger partial charge in [0, 0.05) is 24.4 Å². The number of Topliss-reactive ketones (excluding diaryl/α,β-unsaturated/α-hetero) is 1. The Kier molecular flexibility index (Phi) is 3.55. The van der Waals surface area contributed by atoms with E-state index in [1.807, 2.05) is 60.8 Å². The van der Waals surface area contributed by atoms with Gasteiger partial charge in [-0.3, -0.25) is 9.78 Å². The van der Waals surface area contributed by atoms with Crippen LogP contribution in [-0.2, 0) is 6.42 Å². The van der Waals surface area contributed by atoms with Crippen molar-refractivity contribution in [3.05, 3.63) is 78.1 Å². The molecule has 2 aromatic carbocycles. The van der Waals surface area contributed by atoms with Gasteiger partial charge in [0.2, 0.25) is 0 Å². The minimum absolute atomic E-state index is 0.186. The van der Waals surface area contributed by atoms with Crippen molar-refractivity contribution in [2.45, 2.75) is 12.8 Å². The molecule has 98 valence electrons. The molecule has 2 nitrogen and oxygen atoms in total. The van der Waals surface area contributed by atoms with Crippen LogP contribution in [-0.4, -0.2) is 10.8 Å². The highest BCUT2D eigenvalue weighted by Gasteiger charge is 2.09. The molecule has 0 aliphatic rings. The van der Waals surface area contributed by atoms with Crippen molar-refractivity contribution in [2.24, 2.45) is 0 Å². The summed E-state index contributed by atoms with van der Waals surface area (Å²) in [6, 6.07) is 17.8. The van der Waals surface area contributed by atoms with E-state index in [1.165, 1.54) is 0 Å². The van der Waals surface area contributed by atoms with Crippen molar-refractivity contribution in [3.63, 3.8) is 0 Å². The molecule has 2 heteroatoms. The van der Waals surface area contributed by atoms with Crippen LogP contribution in [0.2, 0.25) is 0 Å². The lowest BCUT2D eigenvalue weighted by Gasteiger charge is -2.05. The molecule has 0 atom stereocenters. The van der Waals surface area contributed by atoms with Crippen molar-refractivity contribution in [3.8, 4) is 0 Å². The van der Waals surface area contributed by atoms with E-state index in [0.29, 0.717) is 6.42 Å². The first-order valence-electron chi connectivity index (χ1n) is 6.74. The van der Waals surface area contributed by atoms with Crippen LogP contribution in [0.3, 0.4) is 0 Å². The van der Waals surface area contributed by atoms with Crippen LogP contribution in [0, 0.1) is 0 Å². The number of aromatic nitrogens is 1. The van der Waals surface area contributed by atoms with Crippen molar-refractivity contribution >= 4 is 16.6 Å². The molecular formula is C18H15NO. The van der Waals surface area contributed by atoms with Crippen LogP contribution in [0.5, 0.6) is 0 Å². The molecule has 0 bridgehead atoms. The van der Waals surface area contributed by atoms with E-state index in [4.69, 9.17) is 0 Å². The number of fused-ring (bicyclic) bond motifs is 1. The maximum atomic E-state index is 12.4. The molecule has 1 heterocycles. The average Bonchev–Trinajstić information content (AvgIpc) is 2.53. The van der Waals surface area contributed by atoms with Crippen LogP contribution >= 0.6 is 0 Å². The summed E-state index contributed by atoms with van der Waals surface area (Å²) in [7, 11) is 0. The van der Waals surface area contributed by atoms with Gasteiger partial charge in [0.25, 0.3) is 0 Å². The third-order valence-electron chi connectivity index (χ3n) is 3.45. The monoisotopic (exact) mass is 261 g/mol. The van der Waals surface area contributed by atoms with E-state index in [-0.39, 0.29) is 5.78 Å². The van der Waals surface area contributed by atoms with Crippen molar-refractivity contribution < 1.29 is 4.79 Å². The van der Waals surface area contributed by atoms with Gasteiger partial charge in [-0.25, -0.2) is 0 Å². The summed E-state index contributed by atoms with van der Waals surface area (Å²) in [5.74, 6) is 0.186. The van der Waals surface area contributed by atoms with Gasteiger partial charge in [0.15, 0.2) is 5.78 Å². The van der Waals surface area contributed by atoms with Gasteiger partial charge < -0.3 is 0 Å². The number of nitrogens with zero attached hydrogens (tertiary/aromatic N) is 1. The van der Waals surface area contributed by atoms with E-state index < -0.39 is 0 Å². The first-order valence-corrected chi connectivity index (χ1v) is 6.74. The number of hydrogen-bond donors (Lipinski definition) is 0. The molecular weight excluding hydrogens is 246 g/mol. The molecule has 0 unspecified atom stereocenters. The fourth-order valence-electron chi connectivity index (χ4n) is 2.41. The summed E-state index contributed by atoms with van der Waals surface area (Å²) < 4.78 is 0. The molecule has 0 saturated carbocycles. The Morgan fingerprint density at radius 3 is 2.65 bits per heavy atom. The molecule has 0 N–H and O–H groups in total. The predicted octanol–water partition coefficient (Wildman–Crippen LogP) is 4.05. The van der Waals surface area contributed by atoms with Crippen molar-refractivity contribution in [2.75, 3.05) is 0 Å². The summed E-state index contributed by atoms with van der Waals surface area (Å²) in [6.45, 7) is 0. The summed E-state index contributed by atoms with van der Waals surface area (Å²) >= 11 is 0. The largest absolute Gasteiger partial charge is 0.294 e. The second-order valence-corrected chi connectivity index (χ2v) is 4.81. The molecule has 3 rings (SSSR count). The van der Waals surface area contributed by atoms with Gasteiger partial charge in [-0.15, -0.1) is 0 Å². The number of rotatable bonds is 4. The number of carbonyl (C=O) groups excluding carboxylic acids is 1. The fraction of sp³-hybridized carbons (Fsp3) is 0.111. The van der Waals surface area contributed by atoms with E-state index in [1.54, 1.807) is 6.20 Å². The minimum Gasteiger partial charge on any atom is -0.294 e. The smallest absolute Gasteiger partial charge is 0.163 e. The summed E-state index contributed by atoms with van der Waals surface area (Å²) in [5, 5.41) is 2.14. The van der Waals surface area contributed by atoms with Gasteiger partial charge in [-0.1, -0.05) is 48.5 Å². The molecule has 20 heavy (non-hydrogen) atoms. The maximum absolute atomic E-state index is 12.4. The lowest BCUT2D eigenvalue weighted by molar-refractivity contribution is 0.0984. The summed E-state index contributed by atoms with van der Waals surface area (Å²) in [5.41, 5.74) is 1.91. The van der Waals surface area contributed by atoms with E-state index >= 15 is 0 Å². The summed E-state index contributed by atoms with van der Waals surface area (Å²) in [4.78, 5) is 16.5. The molecule has 3 aromatic rings. The van der Waals surface area contributed by atoms with E-state index in [2.05, 4.69) is 4.98 Å². The van der Waals surface area contributed by atoms with Crippen molar-refractivity contribution in [1.82, 2.24) is 4.98 Å². The van der Waals surface area contributed by atoms with E-state index in [9.17, 15) is 4.79 Å². The minimum atomic E-state index is 0.186. The maximum Gasteiger partial charge on any atom is 0.163 e. The lowest BCUT2D eigenvalue weighted by Crippen LogP contribution is -2.02. The van der Waals surface area contributed by atoms with Gasteiger partial charge >= 0.3 is 0 Å². The Labute approximate surface area is 118 Å². The molecule has 0 aliphatic carbocycles. The Balaban J connectivity index is 1.82. The number of carbonyl (C=O) groups is 1. The quantitative estimate of drug-likeness (QED) is 0.663. The second-order valence-electron chi connectivity index (χ2n) is 4.81. The number of aryl methyl sites for hydroxylation is 1. The second kappa shape index (κ2) is 5.66. The Morgan fingerprint density at radius 2 is 1.80 bits per heavy atom. The highest BCUT2D eigenvalue weighted by Crippen LogP contribution is 2.20.